The van der Waals surface area contributed by atoms with Crippen molar-refractivity contribution in [3.05, 3.63) is 28.8 Å². The Bertz CT molecular complexity index is 506. The van der Waals surface area contributed by atoms with Crippen molar-refractivity contribution >= 4 is 16.5 Å². The maximum absolute atomic E-state index is 13.0. The van der Waals surface area contributed by atoms with Gasteiger partial charge < -0.3 is 0 Å². The van der Waals surface area contributed by atoms with Gasteiger partial charge >= 0.3 is 10.2 Å². The predicted molar refractivity (Wildman–Crippen MR) is 58.9 cm³/mol. The highest BCUT2D eigenvalue weighted by Crippen LogP contribution is 2.23. The lowest BCUT2D eigenvalue weighted by Crippen LogP contribution is -2.03. The van der Waals surface area contributed by atoms with Crippen LogP contribution in [0, 0.1) is 0 Å². The third kappa shape index (κ3) is 2.47. The van der Waals surface area contributed by atoms with Gasteiger partial charge in [0.2, 0.25) is 0 Å². The summed E-state index contributed by atoms with van der Waals surface area (Å²) in [6, 6.07) is 2.69. The number of aryl methyl sites for hydroxylation is 2. The summed E-state index contributed by atoms with van der Waals surface area (Å²) in [6.07, 6.45) is 1.56. The molecule has 0 unspecified atom stereocenters. The lowest BCUT2D eigenvalue weighted by molar-refractivity contribution is 0.112. The van der Waals surface area contributed by atoms with Crippen LogP contribution < -0.4 is 0 Å². The van der Waals surface area contributed by atoms with E-state index in [0.717, 1.165) is 11.6 Å². The monoisotopic (exact) mass is 244 g/mol. The summed E-state index contributed by atoms with van der Waals surface area (Å²) in [5.74, 6) is 0. The third-order valence-electron chi connectivity index (χ3n) is 2.47. The van der Waals surface area contributed by atoms with Crippen LogP contribution in [0.5, 0.6) is 0 Å². The number of aldehydes is 1. The van der Waals surface area contributed by atoms with Crippen LogP contribution in [0.15, 0.2) is 17.0 Å². The average molecular weight is 244 g/mol. The number of benzene rings is 1. The van der Waals surface area contributed by atoms with E-state index in [1.54, 1.807) is 13.0 Å². The Hall–Kier alpha value is -1.23. The van der Waals surface area contributed by atoms with Crippen LogP contribution in [-0.2, 0) is 23.1 Å². The normalized spacial score (nSPS) is 11.4. The zero-order chi connectivity index (χ0) is 12.3. The Morgan fingerprint density at radius 3 is 2.12 bits per heavy atom. The smallest absolute Gasteiger partial charge is 0.298 e. The molecule has 5 heteroatoms. The third-order valence-corrected chi connectivity index (χ3v) is 3.38. The molecule has 16 heavy (non-hydrogen) atoms. The number of rotatable bonds is 4. The first-order chi connectivity index (χ1) is 7.43. The Labute approximate surface area is 94.5 Å². The molecule has 0 amide bonds. The van der Waals surface area contributed by atoms with E-state index in [4.69, 9.17) is 0 Å². The van der Waals surface area contributed by atoms with Crippen LogP contribution >= 0.6 is 0 Å². The number of hydrogen-bond acceptors (Lipinski definition) is 3. The van der Waals surface area contributed by atoms with Gasteiger partial charge in [0.1, 0.15) is 11.2 Å². The van der Waals surface area contributed by atoms with Crippen molar-refractivity contribution in [3.8, 4) is 0 Å². The van der Waals surface area contributed by atoms with Gasteiger partial charge in [-0.05, 0) is 30.0 Å². The maximum Gasteiger partial charge on any atom is 0.332 e. The number of halogens is 1. The number of hydrogen-bond donors (Lipinski definition) is 0. The molecule has 88 valence electrons. The summed E-state index contributed by atoms with van der Waals surface area (Å²) in [4.78, 5) is 10.4. The summed E-state index contributed by atoms with van der Waals surface area (Å²) in [6.45, 7) is 3.59. The van der Waals surface area contributed by atoms with E-state index in [1.807, 2.05) is 6.92 Å². The van der Waals surface area contributed by atoms with Gasteiger partial charge in [-0.15, -0.1) is 3.89 Å². The van der Waals surface area contributed by atoms with E-state index in [9.17, 15) is 17.1 Å². The molecular weight excluding hydrogens is 231 g/mol. The fraction of sp³-hybridized carbons (Fsp3) is 0.364. The van der Waals surface area contributed by atoms with Gasteiger partial charge in [0.05, 0.1) is 0 Å². The van der Waals surface area contributed by atoms with Crippen LogP contribution in [0.4, 0.5) is 3.89 Å². The number of carbonyl (C=O) groups excluding carboxylic acids is 1. The van der Waals surface area contributed by atoms with Gasteiger partial charge in [0.15, 0.2) is 0 Å². The van der Waals surface area contributed by atoms with E-state index in [2.05, 4.69) is 0 Å². The predicted octanol–water partition coefficient (Wildman–Crippen LogP) is 2.28. The van der Waals surface area contributed by atoms with Gasteiger partial charge in [0.25, 0.3) is 0 Å². The van der Waals surface area contributed by atoms with Crippen LogP contribution in [0.3, 0.4) is 0 Å². The molecule has 0 fully saturated rings. The zero-order valence-electron chi connectivity index (χ0n) is 9.16. The first-order valence-electron chi connectivity index (χ1n) is 4.99. The topological polar surface area (TPSA) is 51.2 Å². The van der Waals surface area contributed by atoms with E-state index < -0.39 is 15.1 Å². The summed E-state index contributed by atoms with van der Waals surface area (Å²) in [7, 11) is -4.76. The molecule has 0 aromatic heterocycles. The van der Waals surface area contributed by atoms with Gasteiger partial charge in [-0.25, -0.2) is 0 Å². The molecule has 0 bridgehead atoms. The second-order valence-corrected chi connectivity index (χ2v) is 4.74. The summed E-state index contributed by atoms with van der Waals surface area (Å²) >= 11 is 0. The summed E-state index contributed by atoms with van der Waals surface area (Å²) < 4.78 is 34.8. The minimum Gasteiger partial charge on any atom is -0.298 e. The minimum atomic E-state index is -4.76. The summed E-state index contributed by atoms with van der Waals surface area (Å²) in [5.41, 5.74) is 1.38. The fourth-order valence-corrected chi connectivity index (χ4v) is 2.39. The van der Waals surface area contributed by atoms with Crippen molar-refractivity contribution < 1.29 is 17.1 Å². The van der Waals surface area contributed by atoms with Crippen molar-refractivity contribution in [1.82, 2.24) is 0 Å². The lowest BCUT2D eigenvalue weighted by atomic mass is 10.0. The highest BCUT2D eigenvalue weighted by molar-refractivity contribution is 7.86. The average Bonchev–Trinajstić information content (AvgIpc) is 2.25. The van der Waals surface area contributed by atoms with Crippen molar-refractivity contribution in [3.63, 3.8) is 0 Å². The molecule has 1 rings (SSSR count). The molecule has 0 radical (unpaired) electrons. The van der Waals surface area contributed by atoms with Gasteiger partial charge in [0, 0.05) is 5.56 Å². The fourth-order valence-electron chi connectivity index (χ4n) is 1.61. The van der Waals surface area contributed by atoms with Crippen LogP contribution in [-0.4, -0.2) is 14.7 Å². The van der Waals surface area contributed by atoms with Crippen LogP contribution in [0.25, 0.3) is 0 Å². The minimum absolute atomic E-state index is 0.232. The quantitative estimate of drug-likeness (QED) is 0.603. The molecule has 0 spiro atoms. The second-order valence-electron chi connectivity index (χ2n) is 3.42. The van der Waals surface area contributed by atoms with E-state index in [0.29, 0.717) is 24.7 Å². The molecule has 0 N–H and O–H groups in total. The Morgan fingerprint density at radius 1 is 1.19 bits per heavy atom. The Balaban J connectivity index is 3.56. The molecule has 0 aliphatic heterocycles. The molecule has 1 aromatic carbocycles. The Kier molecular flexibility index (Phi) is 3.80. The second kappa shape index (κ2) is 4.74. The van der Waals surface area contributed by atoms with Gasteiger partial charge in [-0.1, -0.05) is 19.9 Å². The maximum atomic E-state index is 13.0. The van der Waals surface area contributed by atoms with Gasteiger partial charge in [-0.2, -0.15) is 8.42 Å². The SMILES string of the molecule is CCc1cc(CC)c(S(=O)(=O)F)cc1C=O. The molecule has 0 saturated heterocycles. The van der Waals surface area contributed by atoms with Crippen LogP contribution in [0.1, 0.15) is 35.3 Å². The first kappa shape index (κ1) is 12.8. The zero-order valence-corrected chi connectivity index (χ0v) is 9.97. The van der Waals surface area contributed by atoms with E-state index in [1.165, 1.54) is 0 Å². The molecule has 0 saturated carbocycles. The largest absolute Gasteiger partial charge is 0.332 e. The standard InChI is InChI=1S/C11H13FO3S/c1-3-8-5-9(4-2)11(16(12,14)15)6-10(8)7-13/h5-7H,3-4H2,1-2H3. The molecular formula is C11H13FO3S. The molecule has 0 aliphatic rings. The molecule has 0 atom stereocenters. The van der Waals surface area contributed by atoms with Gasteiger partial charge in [-0.3, -0.25) is 4.79 Å². The highest BCUT2D eigenvalue weighted by Gasteiger charge is 2.18. The van der Waals surface area contributed by atoms with Crippen molar-refractivity contribution in [2.75, 3.05) is 0 Å². The van der Waals surface area contributed by atoms with E-state index >= 15 is 0 Å². The first-order valence-corrected chi connectivity index (χ1v) is 6.38. The Morgan fingerprint density at radius 2 is 1.75 bits per heavy atom. The van der Waals surface area contributed by atoms with Crippen LogP contribution in [0.2, 0.25) is 0 Å². The highest BCUT2D eigenvalue weighted by atomic mass is 32.3. The lowest BCUT2D eigenvalue weighted by Gasteiger charge is -2.08. The molecule has 0 heterocycles. The van der Waals surface area contributed by atoms with Crippen molar-refractivity contribution in [2.45, 2.75) is 31.6 Å². The van der Waals surface area contributed by atoms with Crippen molar-refractivity contribution in [1.29, 1.82) is 0 Å². The number of carbonyl (C=O) groups is 1. The molecule has 0 aliphatic carbocycles. The van der Waals surface area contributed by atoms with Crippen molar-refractivity contribution in [2.24, 2.45) is 0 Å². The summed E-state index contributed by atoms with van der Waals surface area (Å²) in [5, 5.41) is 0. The van der Waals surface area contributed by atoms with E-state index in [-0.39, 0.29) is 5.56 Å². The molecule has 3 nitrogen and oxygen atoms in total. The molecule has 1 aromatic rings.